The first kappa shape index (κ1) is 32.0. The number of rotatable bonds is 10. The average Bonchev–Trinajstić information content (AvgIpc) is 3.63. The van der Waals surface area contributed by atoms with Crippen LogP contribution in [0, 0.1) is 11.7 Å². The molecule has 14 heteroatoms. The van der Waals surface area contributed by atoms with Crippen LogP contribution in [0.1, 0.15) is 54.6 Å². The minimum Gasteiger partial charge on any atom is -0.481 e. The summed E-state index contributed by atoms with van der Waals surface area (Å²) in [7, 11) is -2.54. The molecule has 2 aliphatic rings. The van der Waals surface area contributed by atoms with Gasteiger partial charge < -0.3 is 15.2 Å². The van der Waals surface area contributed by atoms with E-state index in [1.54, 1.807) is 29.9 Å². The van der Waals surface area contributed by atoms with Crippen molar-refractivity contribution in [2.75, 3.05) is 24.7 Å². The van der Waals surface area contributed by atoms with Gasteiger partial charge in [-0.25, -0.2) is 12.8 Å². The van der Waals surface area contributed by atoms with Crippen molar-refractivity contribution in [1.82, 2.24) is 14.7 Å². The first-order valence-electron chi connectivity index (χ1n) is 14.4. The van der Waals surface area contributed by atoms with Crippen LogP contribution in [0.2, 0.25) is 5.02 Å². The third kappa shape index (κ3) is 6.10. The Morgan fingerprint density at radius 1 is 1.14 bits per heavy atom. The fourth-order valence-electron chi connectivity index (χ4n) is 6.18. The number of aromatic nitrogens is 2. The van der Waals surface area contributed by atoms with Crippen LogP contribution in [0.5, 0.6) is 0 Å². The highest BCUT2D eigenvalue weighted by Gasteiger charge is 2.56. The summed E-state index contributed by atoms with van der Waals surface area (Å²) in [6, 6.07) is 9.30. The molecule has 236 valence electrons. The summed E-state index contributed by atoms with van der Waals surface area (Å²) >= 11 is 6.44. The minimum atomic E-state index is -4.24. The summed E-state index contributed by atoms with van der Waals surface area (Å²) < 4.78 is 50.1. The first-order chi connectivity index (χ1) is 20.8. The number of ether oxygens (including phenoxy) is 1. The Kier molecular flexibility index (Phi) is 9.13. The monoisotopic (exact) mass is 648 g/mol. The van der Waals surface area contributed by atoms with Crippen molar-refractivity contribution in [3.63, 3.8) is 0 Å². The molecule has 0 radical (unpaired) electrons. The van der Waals surface area contributed by atoms with Crippen molar-refractivity contribution in [1.29, 1.82) is 0 Å². The number of nitrogens with zero attached hydrogens (tertiary/aromatic N) is 3. The maximum absolute atomic E-state index is 15.5. The van der Waals surface area contributed by atoms with E-state index in [0.29, 0.717) is 44.2 Å². The van der Waals surface area contributed by atoms with E-state index < -0.39 is 56.8 Å². The molecule has 1 atom stereocenters. The number of fused-ring (bicyclic) bond motifs is 1. The molecular formula is C30H34ClFN4O7S. The molecule has 2 aromatic carbocycles. The largest absolute Gasteiger partial charge is 0.481 e. The SMILES string of the molecule is Cn1nc(C(=O)Nc2cc(F)c(CC(=O)C(OC3CCC(C(=O)O)CC3)(N3CCCC3)S(C)(=O)=O)cc2Cl)c2ccccc21. The van der Waals surface area contributed by atoms with E-state index in [4.69, 9.17) is 16.3 Å². The Labute approximate surface area is 259 Å². The van der Waals surface area contributed by atoms with Gasteiger partial charge in [0.2, 0.25) is 0 Å². The van der Waals surface area contributed by atoms with Gasteiger partial charge in [-0.1, -0.05) is 29.8 Å². The van der Waals surface area contributed by atoms with Crippen molar-refractivity contribution in [3.8, 4) is 0 Å². The number of halogens is 2. The van der Waals surface area contributed by atoms with Crippen LogP contribution in [-0.2, 0) is 37.6 Å². The summed E-state index contributed by atoms with van der Waals surface area (Å²) in [5, 5.41) is 14.4. The van der Waals surface area contributed by atoms with E-state index in [2.05, 4.69) is 10.4 Å². The van der Waals surface area contributed by atoms with Gasteiger partial charge in [-0.2, -0.15) is 5.10 Å². The lowest BCUT2D eigenvalue weighted by atomic mass is 9.87. The first-order valence-corrected chi connectivity index (χ1v) is 16.7. The summed E-state index contributed by atoms with van der Waals surface area (Å²) in [6.07, 6.45) is 2.05. The van der Waals surface area contributed by atoms with E-state index in [-0.39, 0.29) is 34.8 Å². The van der Waals surface area contributed by atoms with Crippen LogP contribution in [0.15, 0.2) is 36.4 Å². The van der Waals surface area contributed by atoms with E-state index in [9.17, 15) is 27.9 Å². The third-order valence-electron chi connectivity index (χ3n) is 8.44. The van der Waals surface area contributed by atoms with Crippen molar-refractivity contribution >= 4 is 55.7 Å². The number of aryl methyl sites for hydroxylation is 1. The van der Waals surface area contributed by atoms with Gasteiger partial charge in [0.05, 0.1) is 28.2 Å². The molecule has 44 heavy (non-hydrogen) atoms. The molecule has 2 heterocycles. The van der Waals surface area contributed by atoms with E-state index in [0.717, 1.165) is 17.8 Å². The van der Waals surface area contributed by atoms with Crippen LogP contribution in [0.3, 0.4) is 0 Å². The van der Waals surface area contributed by atoms with Gasteiger partial charge in [0.25, 0.3) is 11.0 Å². The van der Waals surface area contributed by atoms with Crippen LogP contribution in [-0.4, -0.2) is 76.4 Å². The Bertz CT molecular complexity index is 1720. The van der Waals surface area contributed by atoms with Crippen molar-refractivity contribution < 1.29 is 37.0 Å². The van der Waals surface area contributed by atoms with Crippen molar-refractivity contribution in [2.24, 2.45) is 13.0 Å². The summed E-state index contributed by atoms with van der Waals surface area (Å²) in [5.74, 6) is -3.82. The molecule has 2 fully saturated rings. The second kappa shape index (κ2) is 12.5. The number of aliphatic carboxylic acids is 1. The molecule has 1 saturated heterocycles. The van der Waals surface area contributed by atoms with Crippen molar-refractivity contribution in [2.45, 2.75) is 56.1 Å². The summed E-state index contributed by atoms with van der Waals surface area (Å²) in [4.78, 5) is 40.0. The van der Waals surface area contributed by atoms with Gasteiger partial charge in [-0.3, -0.25) is 24.0 Å². The number of sulfone groups is 1. The molecule has 1 aliphatic carbocycles. The van der Waals surface area contributed by atoms with Gasteiger partial charge in [0.1, 0.15) is 5.82 Å². The Morgan fingerprint density at radius 2 is 1.80 bits per heavy atom. The van der Waals surface area contributed by atoms with E-state index in [1.807, 2.05) is 6.07 Å². The molecule has 1 unspecified atom stereocenters. The highest BCUT2D eigenvalue weighted by Crippen LogP contribution is 2.37. The zero-order valence-electron chi connectivity index (χ0n) is 24.4. The molecule has 1 aromatic heterocycles. The Hall–Kier alpha value is -3.39. The molecule has 0 bridgehead atoms. The molecule has 0 spiro atoms. The molecule has 1 aliphatic heterocycles. The molecule has 1 saturated carbocycles. The minimum absolute atomic E-state index is 0.0412. The predicted octanol–water partition coefficient (Wildman–Crippen LogP) is 4.18. The number of para-hydroxylation sites is 1. The zero-order chi connectivity index (χ0) is 31.8. The number of carbonyl (C=O) groups excluding carboxylic acids is 2. The number of amides is 1. The second-order valence-corrected chi connectivity index (χ2v) is 13.9. The van der Waals surface area contributed by atoms with Gasteiger partial charge in [-0.15, -0.1) is 0 Å². The Balaban J connectivity index is 1.41. The van der Waals surface area contributed by atoms with Gasteiger partial charge >= 0.3 is 5.97 Å². The standard InChI is InChI=1S/C30H34ClFN4O7S/c1-35-25-8-4-3-7-21(25)27(34-35)28(38)33-24-17-23(32)19(15-22(24)31)16-26(37)30(44(2,41)42,36-13-5-6-14-36)43-20-11-9-18(10-12-20)29(39)40/h3-4,7-8,15,17-18,20H,5-6,9-14,16H2,1-2H3,(H,33,38)(H,39,40). The van der Waals surface area contributed by atoms with E-state index in [1.165, 1.54) is 11.0 Å². The van der Waals surface area contributed by atoms with Crippen molar-refractivity contribution in [3.05, 3.63) is 58.5 Å². The smallest absolute Gasteiger partial charge is 0.306 e. The number of carboxylic acids is 1. The summed E-state index contributed by atoms with van der Waals surface area (Å²) in [6.45, 7) is 0.583. The highest BCUT2D eigenvalue weighted by molar-refractivity contribution is 7.92. The number of carboxylic acid groups (broad SMARTS) is 1. The lowest BCUT2D eigenvalue weighted by molar-refractivity contribution is -0.168. The Morgan fingerprint density at radius 3 is 2.43 bits per heavy atom. The number of benzene rings is 2. The van der Waals surface area contributed by atoms with Gasteiger partial charge in [-0.05, 0) is 62.3 Å². The fourth-order valence-corrected chi connectivity index (χ4v) is 7.86. The molecule has 5 rings (SSSR count). The lowest BCUT2D eigenvalue weighted by Crippen LogP contribution is -2.62. The number of likely N-dealkylation sites (tertiary alicyclic amines) is 1. The quantitative estimate of drug-likeness (QED) is 0.330. The average molecular weight is 649 g/mol. The molecular weight excluding hydrogens is 615 g/mol. The van der Waals surface area contributed by atoms with Crippen LogP contribution >= 0.6 is 11.6 Å². The topological polar surface area (TPSA) is 148 Å². The molecule has 11 nitrogen and oxygen atoms in total. The number of anilines is 1. The number of hydrogen-bond donors (Lipinski definition) is 2. The molecule has 1 amide bonds. The fraction of sp³-hybridized carbons (Fsp3) is 0.467. The number of nitrogens with one attached hydrogen (secondary N) is 1. The van der Waals surface area contributed by atoms with Gasteiger partial charge in [0.15, 0.2) is 21.3 Å². The zero-order valence-corrected chi connectivity index (χ0v) is 26.0. The maximum Gasteiger partial charge on any atom is 0.306 e. The lowest BCUT2D eigenvalue weighted by Gasteiger charge is -2.42. The number of carbonyl (C=O) groups is 3. The number of Topliss-reactive ketones (excluding diaryl/α,β-unsaturated/α-hetero) is 1. The van der Waals surface area contributed by atoms with Crippen LogP contribution in [0.4, 0.5) is 10.1 Å². The second-order valence-electron chi connectivity index (χ2n) is 11.4. The van der Waals surface area contributed by atoms with Gasteiger partial charge in [0, 0.05) is 38.2 Å². The highest BCUT2D eigenvalue weighted by atomic mass is 35.5. The maximum atomic E-state index is 15.5. The molecule has 3 aromatic rings. The summed E-state index contributed by atoms with van der Waals surface area (Å²) in [5.41, 5.74) is 0.650. The molecule has 2 N–H and O–H groups in total. The number of hydrogen-bond acceptors (Lipinski definition) is 8. The normalized spacial score (nSPS) is 20.8. The number of ketones is 1. The predicted molar refractivity (Wildman–Crippen MR) is 162 cm³/mol. The van der Waals surface area contributed by atoms with Crippen LogP contribution < -0.4 is 5.32 Å². The van der Waals surface area contributed by atoms with E-state index >= 15 is 4.39 Å². The third-order valence-corrected chi connectivity index (χ3v) is 10.3. The van der Waals surface area contributed by atoms with Crippen LogP contribution in [0.25, 0.3) is 10.9 Å².